The molecule has 0 bridgehead atoms. The second-order valence-electron chi connectivity index (χ2n) is 10.1. The molecule has 0 aliphatic rings. The van der Waals surface area contributed by atoms with Crippen molar-refractivity contribution in [2.75, 3.05) is 6.61 Å². The minimum Gasteiger partial charge on any atom is -0.488 e. The predicted molar refractivity (Wildman–Crippen MR) is 124 cm³/mol. The van der Waals surface area contributed by atoms with Crippen molar-refractivity contribution in [3.05, 3.63) is 42.5 Å². The van der Waals surface area contributed by atoms with E-state index in [2.05, 4.69) is 21.9 Å². The van der Waals surface area contributed by atoms with Crippen molar-refractivity contribution in [1.29, 1.82) is 0 Å². The van der Waals surface area contributed by atoms with Crippen molar-refractivity contribution in [1.82, 2.24) is 14.8 Å². The molecule has 5 nitrogen and oxygen atoms in total. The van der Waals surface area contributed by atoms with Crippen molar-refractivity contribution in [2.24, 2.45) is 5.41 Å². The van der Waals surface area contributed by atoms with E-state index in [9.17, 15) is 8.78 Å². The molecule has 0 spiro atoms. The van der Waals surface area contributed by atoms with Gasteiger partial charge in [0, 0.05) is 19.3 Å². The number of para-hydroxylation sites is 1. The number of aromatic nitrogens is 3. The number of ether oxygens (including phenoxy) is 2. The number of terminal acetylenes is 2. The summed E-state index contributed by atoms with van der Waals surface area (Å²) in [6.07, 6.45) is 15.3. The largest absolute Gasteiger partial charge is 0.488 e. The molecular formula is C26H33F2N3O2. The van der Waals surface area contributed by atoms with Crippen molar-refractivity contribution < 1.29 is 18.3 Å². The van der Waals surface area contributed by atoms with Crippen LogP contribution in [0.5, 0.6) is 5.75 Å². The van der Waals surface area contributed by atoms with Gasteiger partial charge in [-0.2, -0.15) is 5.10 Å². The quantitative estimate of drug-likeness (QED) is 0.475. The summed E-state index contributed by atoms with van der Waals surface area (Å²) in [5.74, 6) is 3.51. The van der Waals surface area contributed by atoms with E-state index in [1.165, 1.54) is 12.4 Å². The molecule has 1 aromatic carbocycles. The summed E-state index contributed by atoms with van der Waals surface area (Å²) in [5.41, 5.74) is -3.19. The average Bonchev–Trinajstić information content (AvgIpc) is 3.22. The van der Waals surface area contributed by atoms with Gasteiger partial charge in [0.05, 0.1) is 12.2 Å². The highest BCUT2D eigenvalue weighted by atomic mass is 19.1. The van der Waals surface area contributed by atoms with E-state index in [0.29, 0.717) is 0 Å². The van der Waals surface area contributed by atoms with Crippen LogP contribution < -0.4 is 4.74 Å². The maximum Gasteiger partial charge on any atom is 0.190 e. The first-order chi connectivity index (χ1) is 15.3. The van der Waals surface area contributed by atoms with E-state index in [4.69, 9.17) is 22.3 Å². The van der Waals surface area contributed by atoms with Gasteiger partial charge in [-0.1, -0.05) is 26.8 Å². The molecule has 0 N–H and O–H groups in total. The first-order valence-electron chi connectivity index (χ1n) is 10.8. The number of hydrogen-bond acceptors (Lipinski definition) is 4. The molecule has 0 aliphatic heterocycles. The molecule has 0 radical (unpaired) electrons. The van der Waals surface area contributed by atoms with Crippen LogP contribution in [0.4, 0.5) is 8.78 Å². The van der Waals surface area contributed by atoms with E-state index < -0.39 is 39.5 Å². The topological polar surface area (TPSA) is 49.2 Å². The van der Waals surface area contributed by atoms with E-state index in [0.717, 1.165) is 12.1 Å². The first kappa shape index (κ1) is 26.4. The Morgan fingerprint density at radius 1 is 1.00 bits per heavy atom. The maximum absolute atomic E-state index is 14.2. The van der Waals surface area contributed by atoms with Gasteiger partial charge in [0.25, 0.3) is 0 Å². The lowest BCUT2D eigenvalue weighted by Gasteiger charge is -2.57. The molecule has 0 amide bonds. The van der Waals surface area contributed by atoms with Gasteiger partial charge >= 0.3 is 0 Å². The van der Waals surface area contributed by atoms with Gasteiger partial charge in [0.1, 0.15) is 23.8 Å². The minimum atomic E-state index is -1.04. The molecule has 178 valence electrons. The van der Waals surface area contributed by atoms with Crippen LogP contribution in [0.3, 0.4) is 0 Å². The molecule has 7 heteroatoms. The highest BCUT2D eigenvalue weighted by Gasteiger charge is 2.61. The number of nitrogens with zero attached hydrogens (tertiary/aromatic N) is 3. The Labute approximate surface area is 195 Å². The molecule has 1 aromatic heterocycles. The molecule has 0 saturated carbocycles. The Morgan fingerprint density at radius 2 is 1.61 bits per heavy atom. The number of rotatable bonds is 9. The molecule has 2 rings (SSSR count). The third kappa shape index (κ3) is 5.37. The Hall–Kier alpha value is -2.90. The zero-order valence-corrected chi connectivity index (χ0v) is 20.3. The van der Waals surface area contributed by atoms with E-state index in [-0.39, 0.29) is 25.9 Å². The second kappa shape index (κ2) is 9.93. The molecular weight excluding hydrogens is 424 g/mol. The Balaban J connectivity index is 2.68. The van der Waals surface area contributed by atoms with Gasteiger partial charge in [-0.05, 0) is 38.3 Å². The van der Waals surface area contributed by atoms with Gasteiger partial charge in [0.15, 0.2) is 17.4 Å². The summed E-state index contributed by atoms with van der Waals surface area (Å²) < 4.78 is 42.4. The maximum atomic E-state index is 14.2. The van der Waals surface area contributed by atoms with Gasteiger partial charge in [0.2, 0.25) is 0 Å². The van der Waals surface area contributed by atoms with Crippen LogP contribution in [0.1, 0.15) is 60.8 Å². The van der Waals surface area contributed by atoms with Crippen LogP contribution in [0, 0.1) is 41.7 Å². The SMILES string of the molecule is C#CCC(CCOc1c(F)cccc1F)(n1cncn1)C(CC#C)(OC(C)(C)C)C(C)(C)C. The molecule has 2 unspecified atom stereocenters. The van der Waals surface area contributed by atoms with Crippen LogP contribution in [-0.2, 0) is 10.3 Å². The summed E-state index contributed by atoms with van der Waals surface area (Å²) in [6.45, 7) is 11.8. The molecule has 2 atom stereocenters. The number of halogens is 2. The van der Waals surface area contributed by atoms with Gasteiger partial charge in [-0.3, -0.25) is 0 Å². The zero-order chi connectivity index (χ0) is 24.9. The Bertz CT molecular complexity index is 990. The van der Waals surface area contributed by atoms with Crippen molar-refractivity contribution >= 4 is 0 Å². The standard InChI is InChI=1S/C26H33F2N3O2/c1-9-14-25(31-19-29-18-30-31,16-17-32-22-20(27)12-11-13-21(22)28)26(15-10-2,23(3,4)5)33-24(6,7)8/h1-2,11-13,18-19H,14-17H2,3-8H3. The average molecular weight is 458 g/mol. The molecule has 2 aromatic rings. The van der Waals surface area contributed by atoms with Crippen LogP contribution in [0.25, 0.3) is 0 Å². The first-order valence-corrected chi connectivity index (χ1v) is 10.8. The van der Waals surface area contributed by atoms with Gasteiger partial charge in [-0.15, -0.1) is 24.7 Å². The van der Waals surface area contributed by atoms with E-state index >= 15 is 0 Å². The predicted octanol–water partition coefficient (Wildman–Crippen LogP) is 5.37. The van der Waals surface area contributed by atoms with Crippen LogP contribution in [0.2, 0.25) is 0 Å². The van der Waals surface area contributed by atoms with Gasteiger partial charge < -0.3 is 9.47 Å². The second-order valence-corrected chi connectivity index (χ2v) is 10.1. The number of benzene rings is 1. The summed E-state index contributed by atoms with van der Waals surface area (Å²) in [7, 11) is 0. The minimum absolute atomic E-state index is 0.0602. The van der Waals surface area contributed by atoms with Crippen molar-refractivity contribution in [3.63, 3.8) is 0 Å². The molecule has 1 heterocycles. The summed E-state index contributed by atoms with van der Waals surface area (Å²) >= 11 is 0. The smallest absolute Gasteiger partial charge is 0.190 e. The van der Waals surface area contributed by atoms with Crippen molar-refractivity contribution in [2.45, 2.75) is 77.5 Å². The Kier molecular flexibility index (Phi) is 7.93. The normalized spacial score (nSPS) is 15.7. The molecule has 33 heavy (non-hydrogen) atoms. The lowest BCUT2D eigenvalue weighted by Crippen LogP contribution is -2.66. The van der Waals surface area contributed by atoms with Gasteiger partial charge in [-0.25, -0.2) is 18.4 Å². The number of hydrogen-bond donors (Lipinski definition) is 0. The fourth-order valence-corrected chi connectivity index (χ4v) is 4.43. The zero-order valence-electron chi connectivity index (χ0n) is 20.3. The highest BCUT2D eigenvalue weighted by Crippen LogP contribution is 2.53. The van der Waals surface area contributed by atoms with Crippen molar-refractivity contribution in [3.8, 4) is 30.4 Å². The molecule has 0 fully saturated rings. The summed E-state index contributed by atoms with van der Waals surface area (Å²) in [6, 6.07) is 3.57. The fourth-order valence-electron chi connectivity index (χ4n) is 4.43. The lowest BCUT2D eigenvalue weighted by molar-refractivity contribution is -0.240. The fraction of sp³-hybridized carbons (Fsp3) is 0.538. The molecule has 0 saturated heterocycles. The third-order valence-electron chi connectivity index (χ3n) is 5.73. The lowest BCUT2D eigenvalue weighted by atomic mass is 9.60. The third-order valence-corrected chi connectivity index (χ3v) is 5.73. The van der Waals surface area contributed by atoms with Crippen LogP contribution >= 0.6 is 0 Å². The highest BCUT2D eigenvalue weighted by molar-refractivity contribution is 5.26. The molecule has 0 aliphatic carbocycles. The van der Waals surface area contributed by atoms with Crippen LogP contribution in [-0.4, -0.2) is 32.6 Å². The van der Waals surface area contributed by atoms with E-state index in [1.54, 1.807) is 11.0 Å². The Morgan fingerprint density at radius 3 is 2.06 bits per heavy atom. The van der Waals surface area contributed by atoms with Crippen LogP contribution in [0.15, 0.2) is 30.9 Å². The summed E-state index contributed by atoms with van der Waals surface area (Å²) in [5, 5.41) is 4.42. The monoisotopic (exact) mass is 457 g/mol. The summed E-state index contributed by atoms with van der Waals surface area (Å²) in [4.78, 5) is 4.13. The van der Waals surface area contributed by atoms with E-state index in [1.807, 2.05) is 41.5 Å².